The maximum absolute atomic E-state index is 5.85. The predicted molar refractivity (Wildman–Crippen MR) is 111 cm³/mol. The highest BCUT2D eigenvalue weighted by Gasteiger charge is 2.00. The van der Waals surface area contributed by atoms with Crippen LogP contribution in [-0.2, 0) is 11.6 Å². The van der Waals surface area contributed by atoms with Crippen molar-refractivity contribution in [1.82, 2.24) is 0 Å². The van der Waals surface area contributed by atoms with Crippen molar-refractivity contribution in [2.75, 3.05) is 5.75 Å². The minimum Gasteiger partial charge on any atom is -0.157 e. The van der Waals surface area contributed by atoms with Crippen LogP contribution in [0.3, 0.4) is 0 Å². The predicted octanol–water partition coefficient (Wildman–Crippen LogP) is 7.69. The lowest BCUT2D eigenvalue weighted by Crippen LogP contribution is -1.86. The normalized spacial score (nSPS) is 10.9. The molecular weight excluding hydrogens is 332 g/mol. The van der Waals surface area contributed by atoms with Gasteiger partial charge in [0.1, 0.15) is 0 Å². The summed E-state index contributed by atoms with van der Waals surface area (Å²) in [5.74, 6) is 2.99. The topological polar surface area (TPSA) is 0 Å². The van der Waals surface area contributed by atoms with Crippen molar-refractivity contribution < 1.29 is 0 Å². The summed E-state index contributed by atoms with van der Waals surface area (Å²) < 4.78 is 0. The Hall–Kier alpha value is -0.920. The third kappa shape index (κ3) is 6.91. The van der Waals surface area contributed by atoms with Gasteiger partial charge >= 0.3 is 0 Å². The van der Waals surface area contributed by atoms with Gasteiger partial charge in [0.2, 0.25) is 0 Å². The Morgan fingerprint density at radius 1 is 0.708 bits per heavy atom. The van der Waals surface area contributed by atoms with Crippen LogP contribution in [0.4, 0.5) is 0 Å². The van der Waals surface area contributed by atoms with Crippen LogP contribution in [0.15, 0.2) is 48.5 Å². The largest absolute Gasteiger partial charge is 0.157 e. The van der Waals surface area contributed by atoms with Gasteiger partial charge in [-0.2, -0.15) is 11.8 Å². The van der Waals surface area contributed by atoms with Gasteiger partial charge in [0.25, 0.3) is 0 Å². The fourth-order valence-electron chi connectivity index (χ4n) is 2.75. The molecule has 0 radical (unpaired) electrons. The van der Waals surface area contributed by atoms with E-state index in [1.165, 1.54) is 66.5 Å². The molecule has 0 aliphatic rings. The quantitative estimate of drug-likeness (QED) is 0.292. The van der Waals surface area contributed by atoms with Crippen LogP contribution in [-0.4, -0.2) is 5.75 Å². The first-order valence-electron chi connectivity index (χ1n) is 9.15. The second-order valence-electron chi connectivity index (χ2n) is 6.35. The van der Waals surface area contributed by atoms with Crippen molar-refractivity contribution in [2.45, 2.75) is 57.1 Å². The Morgan fingerprint density at radius 2 is 1.25 bits per heavy atom. The van der Waals surface area contributed by atoms with Crippen LogP contribution in [0.2, 0.25) is 0 Å². The van der Waals surface area contributed by atoms with Crippen molar-refractivity contribution in [2.24, 2.45) is 0 Å². The summed E-state index contributed by atoms with van der Waals surface area (Å²) in [5.41, 5.74) is 5.13. The molecule has 0 fully saturated rings. The molecule has 0 N–H and O–H groups in total. The first-order valence-corrected chi connectivity index (χ1v) is 10.8. The molecule has 2 aromatic carbocycles. The molecule has 0 heterocycles. The van der Waals surface area contributed by atoms with Crippen molar-refractivity contribution in [3.05, 3.63) is 59.7 Å². The number of thioether (sulfide) groups is 1. The van der Waals surface area contributed by atoms with E-state index in [1.807, 2.05) is 0 Å². The van der Waals surface area contributed by atoms with E-state index < -0.39 is 0 Å². The Morgan fingerprint density at radius 3 is 1.83 bits per heavy atom. The maximum atomic E-state index is 5.85. The second kappa shape index (κ2) is 11.6. The summed E-state index contributed by atoms with van der Waals surface area (Å²) in [6, 6.07) is 17.5. The molecule has 2 aromatic rings. The Balaban J connectivity index is 1.70. The standard InChI is InChI=1S/C22H29ClS/c1-2-3-4-5-6-7-16-24-18-20-10-14-22(15-11-20)21-12-8-19(17-23)9-13-21/h8-15H,2-7,16-18H2,1H3. The zero-order chi connectivity index (χ0) is 17.0. The van der Waals surface area contributed by atoms with Crippen LogP contribution in [0.1, 0.15) is 56.6 Å². The molecule has 0 saturated carbocycles. The number of benzene rings is 2. The Kier molecular flexibility index (Phi) is 9.38. The Bertz CT molecular complexity index is 560. The number of unbranched alkanes of at least 4 members (excludes halogenated alkanes) is 5. The summed E-state index contributed by atoms with van der Waals surface area (Å²) in [6.45, 7) is 2.27. The van der Waals surface area contributed by atoms with Gasteiger partial charge in [-0.25, -0.2) is 0 Å². The van der Waals surface area contributed by atoms with Gasteiger partial charge in [0, 0.05) is 11.6 Å². The summed E-state index contributed by atoms with van der Waals surface area (Å²) in [4.78, 5) is 0. The lowest BCUT2D eigenvalue weighted by atomic mass is 10.0. The number of alkyl halides is 1. The van der Waals surface area contributed by atoms with Crippen LogP contribution >= 0.6 is 23.4 Å². The monoisotopic (exact) mass is 360 g/mol. The third-order valence-electron chi connectivity index (χ3n) is 4.31. The second-order valence-corrected chi connectivity index (χ2v) is 7.72. The molecule has 0 unspecified atom stereocenters. The van der Waals surface area contributed by atoms with Crippen molar-refractivity contribution in [3.8, 4) is 11.1 Å². The lowest BCUT2D eigenvalue weighted by Gasteiger charge is -2.06. The van der Waals surface area contributed by atoms with E-state index >= 15 is 0 Å². The highest BCUT2D eigenvalue weighted by atomic mass is 35.5. The lowest BCUT2D eigenvalue weighted by molar-refractivity contribution is 0.627. The minimum atomic E-state index is 0.578. The van der Waals surface area contributed by atoms with E-state index in [-0.39, 0.29) is 0 Å². The van der Waals surface area contributed by atoms with E-state index in [1.54, 1.807) is 0 Å². The molecule has 0 saturated heterocycles. The van der Waals surface area contributed by atoms with E-state index in [0.717, 1.165) is 5.75 Å². The smallest absolute Gasteiger partial charge is 0.0474 e. The maximum Gasteiger partial charge on any atom is 0.0474 e. The molecule has 2 rings (SSSR count). The molecule has 0 aliphatic carbocycles. The molecule has 0 spiro atoms. The number of halogens is 1. The highest BCUT2D eigenvalue weighted by molar-refractivity contribution is 7.98. The molecule has 2 heteroatoms. The minimum absolute atomic E-state index is 0.578. The van der Waals surface area contributed by atoms with Gasteiger partial charge in [-0.05, 0) is 34.4 Å². The fraction of sp³-hybridized carbons (Fsp3) is 0.455. The molecule has 0 amide bonds. The summed E-state index contributed by atoms with van der Waals surface area (Å²) in [6.07, 6.45) is 8.30. The molecule has 0 atom stereocenters. The summed E-state index contributed by atoms with van der Waals surface area (Å²) in [7, 11) is 0. The van der Waals surface area contributed by atoms with Crippen LogP contribution in [0.25, 0.3) is 11.1 Å². The van der Waals surface area contributed by atoms with Crippen molar-refractivity contribution in [1.29, 1.82) is 0 Å². The van der Waals surface area contributed by atoms with Gasteiger partial charge in [-0.15, -0.1) is 11.6 Å². The Labute approximate surface area is 157 Å². The molecule has 130 valence electrons. The van der Waals surface area contributed by atoms with Crippen LogP contribution < -0.4 is 0 Å². The van der Waals surface area contributed by atoms with E-state index in [4.69, 9.17) is 11.6 Å². The fourth-order valence-corrected chi connectivity index (χ4v) is 3.91. The summed E-state index contributed by atoms with van der Waals surface area (Å²) >= 11 is 7.91. The van der Waals surface area contributed by atoms with Gasteiger partial charge in [0.05, 0.1) is 0 Å². The van der Waals surface area contributed by atoms with E-state index in [9.17, 15) is 0 Å². The number of hydrogen-bond acceptors (Lipinski definition) is 1. The van der Waals surface area contributed by atoms with Gasteiger partial charge in [-0.1, -0.05) is 87.6 Å². The highest BCUT2D eigenvalue weighted by Crippen LogP contribution is 2.23. The molecule has 0 aliphatic heterocycles. The third-order valence-corrected chi connectivity index (χ3v) is 5.73. The van der Waals surface area contributed by atoms with Gasteiger partial charge in [0.15, 0.2) is 0 Å². The average molecular weight is 361 g/mol. The summed E-state index contributed by atoms with van der Waals surface area (Å²) in [5, 5.41) is 0. The molecule has 0 aromatic heterocycles. The molecule has 24 heavy (non-hydrogen) atoms. The van der Waals surface area contributed by atoms with Crippen molar-refractivity contribution >= 4 is 23.4 Å². The van der Waals surface area contributed by atoms with Crippen LogP contribution in [0, 0.1) is 0 Å². The molecular formula is C22H29ClS. The zero-order valence-electron chi connectivity index (χ0n) is 14.8. The van der Waals surface area contributed by atoms with Crippen molar-refractivity contribution in [3.63, 3.8) is 0 Å². The number of rotatable bonds is 11. The SMILES string of the molecule is CCCCCCCCSCc1ccc(-c2ccc(CCl)cc2)cc1. The molecule has 0 nitrogen and oxygen atoms in total. The first-order chi connectivity index (χ1) is 11.8. The van der Waals surface area contributed by atoms with Crippen LogP contribution in [0.5, 0.6) is 0 Å². The van der Waals surface area contributed by atoms with Gasteiger partial charge in [-0.3, -0.25) is 0 Å². The van der Waals surface area contributed by atoms with E-state index in [2.05, 4.69) is 67.2 Å². The van der Waals surface area contributed by atoms with Gasteiger partial charge < -0.3 is 0 Å². The average Bonchev–Trinajstić information content (AvgIpc) is 2.64. The zero-order valence-corrected chi connectivity index (χ0v) is 16.3. The van der Waals surface area contributed by atoms with E-state index in [0.29, 0.717) is 5.88 Å². The number of hydrogen-bond donors (Lipinski definition) is 0. The molecule has 0 bridgehead atoms. The first kappa shape index (κ1) is 19.4.